The molecule has 7 heteroatoms. The normalized spacial score (nSPS) is 10.8. The molecule has 2 heterocycles. The van der Waals surface area contributed by atoms with E-state index in [0.717, 1.165) is 18.5 Å². The first kappa shape index (κ1) is 13.7. The molecule has 2 aromatic rings. The van der Waals surface area contributed by atoms with Crippen LogP contribution in [0, 0.1) is 6.92 Å². The first-order valence-corrected chi connectivity index (χ1v) is 7.06. The van der Waals surface area contributed by atoms with Crippen LogP contribution in [0.1, 0.15) is 40.1 Å². The molecule has 0 saturated heterocycles. The minimum atomic E-state index is -1.01. The smallest absolute Gasteiger partial charge is 0.358 e. The zero-order chi connectivity index (χ0) is 13.8. The maximum atomic E-state index is 11.1. The number of hydrogen-bond donors (Lipinski definition) is 1. The summed E-state index contributed by atoms with van der Waals surface area (Å²) in [6.07, 6.45) is 2.35. The summed E-state index contributed by atoms with van der Waals surface area (Å²) in [4.78, 5) is 16.5. The Labute approximate surface area is 115 Å². The first-order valence-electron chi connectivity index (χ1n) is 6.18. The molecule has 0 aliphatic heterocycles. The zero-order valence-electron chi connectivity index (χ0n) is 11.0. The molecule has 0 fully saturated rings. The summed E-state index contributed by atoms with van der Waals surface area (Å²) in [5.41, 5.74) is 3.63. The molecule has 2 rings (SSSR count). The van der Waals surface area contributed by atoms with E-state index in [1.54, 1.807) is 16.0 Å². The van der Waals surface area contributed by atoms with Crippen LogP contribution in [-0.2, 0) is 19.4 Å². The van der Waals surface area contributed by atoms with Crippen LogP contribution in [0.25, 0.3) is 0 Å². The fourth-order valence-corrected chi connectivity index (χ4v) is 2.71. The van der Waals surface area contributed by atoms with Crippen molar-refractivity contribution in [3.05, 3.63) is 27.5 Å². The van der Waals surface area contributed by atoms with Gasteiger partial charge in [0, 0.05) is 17.8 Å². The second-order valence-corrected chi connectivity index (χ2v) is 5.21. The molecule has 0 radical (unpaired) electrons. The number of aromatic carboxylic acids is 1. The lowest BCUT2D eigenvalue weighted by atomic mass is 10.2. The Morgan fingerprint density at radius 2 is 2.26 bits per heavy atom. The van der Waals surface area contributed by atoms with Crippen LogP contribution in [0.15, 0.2) is 5.51 Å². The van der Waals surface area contributed by atoms with Gasteiger partial charge in [0.15, 0.2) is 5.69 Å². The lowest BCUT2D eigenvalue weighted by molar-refractivity contribution is 0.0689. The second-order valence-electron chi connectivity index (χ2n) is 4.27. The van der Waals surface area contributed by atoms with Gasteiger partial charge in [-0.15, -0.1) is 16.4 Å². The monoisotopic (exact) mass is 280 g/mol. The van der Waals surface area contributed by atoms with Gasteiger partial charge in [-0.2, -0.15) is 0 Å². The van der Waals surface area contributed by atoms with E-state index in [0.29, 0.717) is 18.7 Å². The molecular weight excluding hydrogens is 264 g/mol. The number of thiazole rings is 1. The third-order valence-electron chi connectivity index (χ3n) is 2.92. The standard InChI is InChI=1S/C12H16N4O2S/c1-3-4-9-11(12(17)18)14-15-16(9)6-5-10-8(2)13-7-19-10/h7H,3-6H2,1-2H3,(H,17,18). The van der Waals surface area contributed by atoms with E-state index in [-0.39, 0.29) is 5.69 Å². The minimum Gasteiger partial charge on any atom is -0.476 e. The van der Waals surface area contributed by atoms with Crippen molar-refractivity contribution in [3.63, 3.8) is 0 Å². The molecule has 0 aliphatic rings. The van der Waals surface area contributed by atoms with Gasteiger partial charge in [0.2, 0.25) is 0 Å². The lowest BCUT2D eigenvalue weighted by Gasteiger charge is -2.05. The van der Waals surface area contributed by atoms with E-state index in [4.69, 9.17) is 5.11 Å². The predicted octanol–water partition coefficient (Wildman–Crippen LogP) is 1.94. The summed E-state index contributed by atoms with van der Waals surface area (Å²) < 4.78 is 1.70. The van der Waals surface area contributed by atoms with E-state index in [1.165, 1.54) is 4.88 Å². The van der Waals surface area contributed by atoms with Gasteiger partial charge in [-0.25, -0.2) is 14.5 Å². The lowest BCUT2D eigenvalue weighted by Crippen LogP contribution is -2.10. The Kier molecular flexibility index (Phi) is 4.26. The van der Waals surface area contributed by atoms with Crippen molar-refractivity contribution < 1.29 is 9.90 Å². The Bertz CT molecular complexity index is 576. The number of hydrogen-bond acceptors (Lipinski definition) is 5. The average Bonchev–Trinajstić information content (AvgIpc) is 2.94. The molecule has 0 bridgehead atoms. The van der Waals surface area contributed by atoms with E-state index < -0.39 is 5.97 Å². The molecule has 6 nitrogen and oxygen atoms in total. The number of aromatic nitrogens is 4. The maximum absolute atomic E-state index is 11.1. The van der Waals surface area contributed by atoms with Crippen LogP contribution in [0.3, 0.4) is 0 Å². The quantitative estimate of drug-likeness (QED) is 0.874. The zero-order valence-corrected chi connectivity index (χ0v) is 11.8. The molecule has 19 heavy (non-hydrogen) atoms. The van der Waals surface area contributed by atoms with E-state index in [1.807, 2.05) is 19.4 Å². The number of carbonyl (C=O) groups is 1. The average molecular weight is 280 g/mol. The highest BCUT2D eigenvalue weighted by atomic mass is 32.1. The molecular formula is C12H16N4O2S. The highest BCUT2D eigenvalue weighted by Crippen LogP contribution is 2.15. The van der Waals surface area contributed by atoms with E-state index in [9.17, 15) is 4.79 Å². The highest BCUT2D eigenvalue weighted by molar-refractivity contribution is 7.09. The SMILES string of the molecule is CCCc1c(C(=O)O)nnn1CCc1scnc1C. The third kappa shape index (κ3) is 2.98. The maximum Gasteiger partial charge on any atom is 0.358 e. The number of rotatable bonds is 6. The molecule has 0 aliphatic carbocycles. The number of carboxylic acid groups (broad SMARTS) is 1. The fourth-order valence-electron chi connectivity index (χ4n) is 1.94. The molecule has 0 amide bonds. The van der Waals surface area contributed by atoms with Crippen LogP contribution >= 0.6 is 11.3 Å². The van der Waals surface area contributed by atoms with Gasteiger partial charge in [0.05, 0.1) is 16.9 Å². The summed E-state index contributed by atoms with van der Waals surface area (Å²) in [6, 6.07) is 0. The summed E-state index contributed by atoms with van der Waals surface area (Å²) >= 11 is 1.61. The van der Waals surface area contributed by atoms with Gasteiger partial charge in [-0.1, -0.05) is 18.6 Å². The minimum absolute atomic E-state index is 0.0721. The van der Waals surface area contributed by atoms with Crippen molar-refractivity contribution in [2.24, 2.45) is 0 Å². The molecule has 0 aromatic carbocycles. The molecule has 0 spiro atoms. The Morgan fingerprint density at radius 1 is 1.47 bits per heavy atom. The summed E-state index contributed by atoms with van der Waals surface area (Å²) in [5, 5.41) is 16.8. The van der Waals surface area contributed by atoms with Crippen molar-refractivity contribution in [2.45, 2.75) is 39.7 Å². The van der Waals surface area contributed by atoms with Crippen molar-refractivity contribution in [1.29, 1.82) is 0 Å². The predicted molar refractivity (Wildman–Crippen MR) is 71.5 cm³/mol. The molecule has 2 aromatic heterocycles. The second kappa shape index (κ2) is 5.92. The van der Waals surface area contributed by atoms with Crippen LogP contribution in [0.4, 0.5) is 0 Å². The topological polar surface area (TPSA) is 80.9 Å². The molecule has 0 unspecified atom stereocenters. The van der Waals surface area contributed by atoms with E-state index in [2.05, 4.69) is 15.3 Å². The van der Waals surface area contributed by atoms with Crippen LogP contribution < -0.4 is 0 Å². The fraction of sp³-hybridized carbons (Fsp3) is 0.500. The molecule has 1 N–H and O–H groups in total. The van der Waals surface area contributed by atoms with Gasteiger partial charge >= 0.3 is 5.97 Å². The molecule has 0 atom stereocenters. The largest absolute Gasteiger partial charge is 0.476 e. The Balaban J connectivity index is 2.16. The number of aryl methyl sites for hydroxylation is 3. The van der Waals surface area contributed by atoms with Crippen molar-refractivity contribution in [1.82, 2.24) is 20.0 Å². The van der Waals surface area contributed by atoms with Crippen LogP contribution in [0.2, 0.25) is 0 Å². The van der Waals surface area contributed by atoms with Crippen molar-refractivity contribution in [3.8, 4) is 0 Å². The van der Waals surface area contributed by atoms with Crippen LogP contribution in [-0.4, -0.2) is 31.1 Å². The van der Waals surface area contributed by atoms with E-state index >= 15 is 0 Å². The van der Waals surface area contributed by atoms with Gasteiger partial charge in [-0.3, -0.25) is 0 Å². The van der Waals surface area contributed by atoms with Gasteiger partial charge in [-0.05, 0) is 13.3 Å². The number of nitrogens with zero attached hydrogens (tertiary/aromatic N) is 4. The van der Waals surface area contributed by atoms with Gasteiger partial charge in [0.25, 0.3) is 0 Å². The molecule has 0 saturated carbocycles. The molecule has 102 valence electrons. The van der Waals surface area contributed by atoms with Crippen molar-refractivity contribution >= 4 is 17.3 Å². The summed E-state index contributed by atoms with van der Waals surface area (Å²) in [6.45, 7) is 4.62. The summed E-state index contributed by atoms with van der Waals surface area (Å²) in [7, 11) is 0. The van der Waals surface area contributed by atoms with Gasteiger partial charge in [0.1, 0.15) is 0 Å². The Morgan fingerprint density at radius 3 is 2.84 bits per heavy atom. The third-order valence-corrected chi connectivity index (χ3v) is 3.92. The highest BCUT2D eigenvalue weighted by Gasteiger charge is 2.18. The number of carboxylic acids is 1. The van der Waals surface area contributed by atoms with Crippen LogP contribution in [0.5, 0.6) is 0 Å². The van der Waals surface area contributed by atoms with Gasteiger partial charge < -0.3 is 5.11 Å². The Hall–Kier alpha value is -1.76. The summed E-state index contributed by atoms with van der Waals surface area (Å²) in [5.74, 6) is -1.01. The van der Waals surface area contributed by atoms with Crippen molar-refractivity contribution in [2.75, 3.05) is 0 Å². The first-order chi connectivity index (χ1) is 9.13.